The minimum absolute atomic E-state index is 0.855. The van der Waals surface area contributed by atoms with Gasteiger partial charge in [0, 0.05) is 0 Å². The minimum atomic E-state index is 0.855. The summed E-state index contributed by atoms with van der Waals surface area (Å²) in [6.07, 6.45) is 13.4. The second-order valence-electron chi connectivity index (χ2n) is 6.69. The summed E-state index contributed by atoms with van der Waals surface area (Å²) in [5, 5.41) is 1.67. The molecule has 1 heteroatoms. The lowest BCUT2D eigenvalue weighted by atomic mass is 9.98. The highest BCUT2D eigenvalue weighted by atomic mass is 31.1. The fourth-order valence-corrected chi connectivity index (χ4v) is 4.59. The highest BCUT2D eigenvalue weighted by Gasteiger charge is 2.11. The first kappa shape index (κ1) is 19.7. The molecule has 0 aliphatic rings. The van der Waals surface area contributed by atoms with E-state index in [2.05, 4.69) is 45.9 Å². The Balaban J connectivity index is 2.77. The molecule has 0 fully saturated rings. The number of unbranched alkanes of at least 4 members (excludes halogenated alkanes) is 4. The van der Waals surface area contributed by atoms with E-state index in [1.807, 2.05) is 0 Å². The van der Waals surface area contributed by atoms with Gasteiger partial charge in [0.15, 0.2) is 0 Å². The fraction of sp³-hybridized carbons (Fsp3) is 0.714. The van der Waals surface area contributed by atoms with Gasteiger partial charge in [0.05, 0.1) is 0 Å². The molecule has 2 atom stereocenters. The van der Waals surface area contributed by atoms with Crippen molar-refractivity contribution in [3.63, 3.8) is 0 Å². The maximum Gasteiger partial charge on any atom is -0.0225 e. The van der Waals surface area contributed by atoms with Crippen LogP contribution in [0.2, 0.25) is 0 Å². The van der Waals surface area contributed by atoms with Gasteiger partial charge in [-0.15, -0.1) is 0 Å². The van der Waals surface area contributed by atoms with Crippen molar-refractivity contribution in [1.82, 2.24) is 0 Å². The Hall–Kier alpha value is -0.350. The Kier molecular flexibility index (Phi) is 10.9. The van der Waals surface area contributed by atoms with Gasteiger partial charge >= 0.3 is 0 Å². The molecule has 0 saturated carbocycles. The summed E-state index contributed by atoms with van der Waals surface area (Å²) >= 11 is 0. The fourth-order valence-electron chi connectivity index (χ4n) is 3.06. The smallest absolute Gasteiger partial charge is 0.0225 e. The van der Waals surface area contributed by atoms with E-state index in [0.717, 1.165) is 14.2 Å². The monoisotopic (exact) mass is 320 g/mol. The van der Waals surface area contributed by atoms with Crippen LogP contribution in [0.4, 0.5) is 0 Å². The highest BCUT2D eigenvalue weighted by molar-refractivity contribution is 7.48. The molecular weight excluding hydrogens is 283 g/mol. The highest BCUT2D eigenvalue weighted by Crippen LogP contribution is 2.27. The molecule has 0 saturated heterocycles. The third-order valence-corrected chi connectivity index (χ3v) is 6.06. The molecule has 0 spiro atoms. The standard InChI is InChI=1S/C21H37P/c1-5-8-11-13-18(4)22-21-17-12-15-19(14-9-6-2)20(21)16-10-7-3/h12,15,17-18,22H,5-11,13-14,16H2,1-4H3. The van der Waals surface area contributed by atoms with E-state index in [0.29, 0.717) is 0 Å². The van der Waals surface area contributed by atoms with Crippen molar-refractivity contribution < 1.29 is 0 Å². The molecule has 1 aromatic carbocycles. The zero-order valence-electron chi connectivity index (χ0n) is 15.4. The van der Waals surface area contributed by atoms with Crippen molar-refractivity contribution >= 4 is 13.9 Å². The third kappa shape index (κ3) is 7.28. The molecule has 0 nitrogen and oxygen atoms in total. The van der Waals surface area contributed by atoms with Gasteiger partial charge in [0.25, 0.3) is 0 Å². The van der Waals surface area contributed by atoms with Crippen molar-refractivity contribution in [2.24, 2.45) is 0 Å². The molecule has 0 heterocycles. The minimum Gasteiger partial charge on any atom is -0.0872 e. The average Bonchev–Trinajstić information content (AvgIpc) is 2.52. The number of rotatable bonds is 12. The van der Waals surface area contributed by atoms with Crippen LogP contribution in [0.3, 0.4) is 0 Å². The summed E-state index contributed by atoms with van der Waals surface area (Å²) in [4.78, 5) is 0. The molecule has 0 N–H and O–H groups in total. The summed E-state index contributed by atoms with van der Waals surface area (Å²) in [6, 6.07) is 7.10. The Morgan fingerprint density at radius 2 is 1.55 bits per heavy atom. The second-order valence-corrected chi connectivity index (χ2v) is 8.50. The summed E-state index contributed by atoms with van der Waals surface area (Å²) in [5.41, 5.74) is 4.20. The van der Waals surface area contributed by atoms with Crippen LogP contribution >= 0.6 is 8.58 Å². The maximum absolute atomic E-state index is 2.45. The van der Waals surface area contributed by atoms with E-state index in [-0.39, 0.29) is 0 Å². The van der Waals surface area contributed by atoms with Gasteiger partial charge < -0.3 is 0 Å². The number of aryl methyl sites for hydroxylation is 1. The second kappa shape index (κ2) is 12.1. The quantitative estimate of drug-likeness (QED) is 0.299. The van der Waals surface area contributed by atoms with Crippen LogP contribution < -0.4 is 5.30 Å². The Bertz CT molecular complexity index is 397. The lowest BCUT2D eigenvalue weighted by Gasteiger charge is -2.18. The SMILES string of the molecule is CCCCCC(C)Pc1cccc(CCCC)c1CCCC. The summed E-state index contributed by atoms with van der Waals surface area (Å²) in [7, 11) is 1.00. The van der Waals surface area contributed by atoms with Crippen molar-refractivity contribution in [3.05, 3.63) is 29.3 Å². The van der Waals surface area contributed by atoms with Crippen LogP contribution in [0, 0.1) is 0 Å². The van der Waals surface area contributed by atoms with E-state index >= 15 is 0 Å². The van der Waals surface area contributed by atoms with E-state index in [9.17, 15) is 0 Å². The Morgan fingerprint density at radius 3 is 2.23 bits per heavy atom. The molecule has 126 valence electrons. The predicted molar refractivity (Wildman–Crippen MR) is 105 cm³/mol. The van der Waals surface area contributed by atoms with Crippen LogP contribution in [0.1, 0.15) is 90.2 Å². The van der Waals surface area contributed by atoms with Crippen LogP contribution in [0.5, 0.6) is 0 Å². The van der Waals surface area contributed by atoms with Gasteiger partial charge in [-0.3, -0.25) is 0 Å². The van der Waals surface area contributed by atoms with E-state index in [1.165, 1.54) is 64.2 Å². The van der Waals surface area contributed by atoms with E-state index in [1.54, 1.807) is 16.4 Å². The zero-order valence-corrected chi connectivity index (χ0v) is 16.4. The first-order valence-corrected chi connectivity index (χ1v) is 10.7. The predicted octanol–water partition coefficient (Wildman–Crippen LogP) is 6.64. The van der Waals surface area contributed by atoms with Gasteiger partial charge in [-0.1, -0.05) is 86.6 Å². The molecule has 2 unspecified atom stereocenters. The van der Waals surface area contributed by atoms with Crippen molar-refractivity contribution in [2.45, 2.75) is 97.6 Å². The number of hydrogen-bond donors (Lipinski definition) is 0. The molecular formula is C21H37P. The molecule has 1 rings (SSSR count). The van der Waals surface area contributed by atoms with Gasteiger partial charge in [0.2, 0.25) is 0 Å². The van der Waals surface area contributed by atoms with Crippen LogP contribution in [0.25, 0.3) is 0 Å². The number of hydrogen-bond acceptors (Lipinski definition) is 0. The molecule has 0 aliphatic heterocycles. The number of benzene rings is 1. The van der Waals surface area contributed by atoms with Crippen LogP contribution in [-0.2, 0) is 12.8 Å². The lowest BCUT2D eigenvalue weighted by molar-refractivity contribution is 0.663. The first-order valence-electron chi connectivity index (χ1n) is 9.60. The molecule has 0 bridgehead atoms. The van der Waals surface area contributed by atoms with Gasteiger partial charge in [-0.25, -0.2) is 0 Å². The largest absolute Gasteiger partial charge is 0.0872 e. The van der Waals surface area contributed by atoms with Crippen molar-refractivity contribution in [1.29, 1.82) is 0 Å². The topological polar surface area (TPSA) is 0 Å². The molecule has 0 aromatic heterocycles. The third-order valence-electron chi connectivity index (χ3n) is 4.50. The first-order chi connectivity index (χ1) is 10.7. The summed E-state index contributed by atoms with van der Waals surface area (Å²) in [6.45, 7) is 9.36. The molecule has 22 heavy (non-hydrogen) atoms. The average molecular weight is 321 g/mol. The van der Waals surface area contributed by atoms with Crippen LogP contribution in [0.15, 0.2) is 18.2 Å². The molecule has 0 amide bonds. The van der Waals surface area contributed by atoms with E-state index < -0.39 is 0 Å². The zero-order chi connectivity index (χ0) is 16.2. The maximum atomic E-state index is 2.45. The normalized spacial score (nSPS) is 13.1. The van der Waals surface area contributed by atoms with Crippen molar-refractivity contribution in [2.75, 3.05) is 0 Å². The van der Waals surface area contributed by atoms with Gasteiger partial charge in [-0.2, -0.15) is 0 Å². The van der Waals surface area contributed by atoms with Gasteiger partial charge in [0.1, 0.15) is 0 Å². The molecule has 0 radical (unpaired) electrons. The van der Waals surface area contributed by atoms with Crippen LogP contribution in [-0.4, -0.2) is 5.66 Å². The Morgan fingerprint density at radius 1 is 0.864 bits per heavy atom. The summed E-state index contributed by atoms with van der Waals surface area (Å²) < 4.78 is 0. The lowest BCUT2D eigenvalue weighted by Crippen LogP contribution is -2.12. The Labute approximate surface area is 141 Å². The van der Waals surface area contributed by atoms with E-state index in [4.69, 9.17) is 0 Å². The summed E-state index contributed by atoms with van der Waals surface area (Å²) in [5.74, 6) is 0. The molecule has 1 aromatic rings. The van der Waals surface area contributed by atoms with Gasteiger partial charge in [-0.05, 0) is 54.2 Å². The van der Waals surface area contributed by atoms with Crippen molar-refractivity contribution in [3.8, 4) is 0 Å². The molecule has 0 aliphatic carbocycles.